The molecule has 2 heterocycles. The summed E-state index contributed by atoms with van der Waals surface area (Å²) in [6, 6.07) is 22.4. The number of hydrogen-bond acceptors (Lipinski definition) is 3. The van der Waals surface area contributed by atoms with Crippen molar-refractivity contribution in [3.05, 3.63) is 107 Å². The molecule has 0 unspecified atom stereocenters. The third-order valence-electron chi connectivity index (χ3n) is 5.44. The van der Waals surface area contributed by atoms with E-state index in [0.29, 0.717) is 27.5 Å². The first-order valence-corrected chi connectivity index (χ1v) is 10.7. The van der Waals surface area contributed by atoms with Crippen LogP contribution in [0, 0.1) is 12.7 Å². The van der Waals surface area contributed by atoms with E-state index in [0.717, 1.165) is 22.3 Å². The van der Waals surface area contributed by atoms with Gasteiger partial charge >= 0.3 is 0 Å². The van der Waals surface area contributed by atoms with Crippen molar-refractivity contribution in [1.29, 1.82) is 0 Å². The highest BCUT2D eigenvalue weighted by atomic mass is 35.5. The number of para-hydroxylation sites is 2. The highest BCUT2D eigenvalue weighted by Gasteiger charge is 2.18. The molecule has 7 heteroatoms. The van der Waals surface area contributed by atoms with E-state index in [1.165, 1.54) is 12.1 Å². The van der Waals surface area contributed by atoms with Crippen LogP contribution in [0.4, 0.5) is 10.1 Å². The Morgan fingerprint density at radius 1 is 1.00 bits per heavy atom. The minimum atomic E-state index is -0.311. The number of hydrogen-bond donors (Lipinski definition) is 1. The first-order valence-electron chi connectivity index (χ1n) is 10.3. The molecular formula is C26H18ClFN4O. The average molecular weight is 457 g/mol. The molecule has 1 N–H and O–H groups in total. The number of aromatic nitrogens is 3. The summed E-state index contributed by atoms with van der Waals surface area (Å²) in [5.41, 5.74) is 4.64. The lowest BCUT2D eigenvalue weighted by atomic mass is 10.0. The van der Waals surface area contributed by atoms with Gasteiger partial charge < -0.3 is 5.32 Å². The molecule has 1 amide bonds. The molecule has 5 rings (SSSR count). The van der Waals surface area contributed by atoms with Gasteiger partial charge in [0.15, 0.2) is 0 Å². The van der Waals surface area contributed by atoms with Crippen molar-refractivity contribution >= 4 is 34.1 Å². The Balaban J connectivity index is 1.60. The van der Waals surface area contributed by atoms with Crippen molar-refractivity contribution in [3.8, 4) is 16.9 Å². The van der Waals surface area contributed by atoms with Crippen LogP contribution in [0.2, 0.25) is 5.02 Å². The number of halogens is 2. The van der Waals surface area contributed by atoms with Gasteiger partial charge in [-0.2, -0.15) is 5.10 Å². The van der Waals surface area contributed by atoms with Crippen LogP contribution in [0.15, 0.2) is 85.1 Å². The van der Waals surface area contributed by atoms with E-state index in [1.54, 1.807) is 47.3 Å². The fraction of sp³-hybridized carbons (Fsp3) is 0.0385. The molecule has 0 aliphatic rings. The van der Waals surface area contributed by atoms with E-state index in [9.17, 15) is 9.18 Å². The SMILES string of the molecule is Cc1c(-c2cc(C(=O)Nc3ccccc3Cl)c3ccccc3n2)cnn1-c1ccc(F)cc1. The van der Waals surface area contributed by atoms with Gasteiger partial charge in [-0.15, -0.1) is 0 Å². The average Bonchev–Trinajstić information content (AvgIpc) is 3.21. The number of carbonyl (C=O) groups excluding carboxylic acids is 1. The predicted octanol–water partition coefficient (Wildman–Crippen LogP) is 6.44. The molecule has 0 spiro atoms. The maximum Gasteiger partial charge on any atom is 0.256 e. The zero-order valence-electron chi connectivity index (χ0n) is 17.6. The normalized spacial score (nSPS) is 11.0. The first-order chi connectivity index (χ1) is 16.0. The molecule has 0 aliphatic carbocycles. The molecule has 0 bridgehead atoms. The van der Waals surface area contributed by atoms with Crippen molar-refractivity contribution in [2.45, 2.75) is 6.92 Å². The van der Waals surface area contributed by atoms with Gasteiger partial charge in [0.2, 0.25) is 0 Å². The second kappa shape index (κ2) is 8.48. The highest BCUT2D eigenvalue weighted by Crippen LogP contribution is 2.29. The Morgan fingerprint density at radius 2 is 1.73 bits per heavy atom. The Hall–Kier alpha value is -4.03. The number of rotatable bonds is 4. The zero-order chi connectivity index (χ0) is 22.9. The van der Waals surface area contributed by atoms with Crippen LogP contribution in [-0.4, -0.2) is 20.7 Å². The fourth-order valence-corrected chi connectivity index (χ4v) is 3.94. The van der Waals surface area contributed by atoms with Crippen LogP contribution < -0.4 is 5.32 Å². The van der Waals surface area contributed by atoms with Crippen molar-refractivity contribution in [1.82, 2.24) is 14.8 Å². The van der Waals surface area contributed by atoms with E-state index in [1.807, 2.05) is 37.3 Å². The molecule has 33 heavy (non-hydrogen) atoms. The van der Waals surface area contributed by atoms with E-state index < -0.39 is 0 Å². The molecule has 5 nitrogen and oxygen atoms in total. The smallest absolute Gasteiger partial charge is 0.256 e. The molecule has 0 atom stereocenters. The minimum Gasteiger partial charge on any atom is -0.321 e. The number of nitrogens with zero attached hydrogens (tertiary/aromatic N) is 3. The van der Waals surface area contributed by atoms with Gasteiger partial charge in [-0.3, -0.25) is 4.79 Å². The van der Waals surface area contributed by atoms with Crippen molar-refractivity contribution in [2.24, 2.45) is 0 Å². The molecule has 0 saturated carbocycles. The van der Waals surface area contributed by atoms with Crippen LogP contribution >= 0.6 is 11.6 Å². The Morgan fingerprint density at radius 3 is 2.52 bits per heavy atom. The van der Waals surface area contributed by atoms with Crippen LogP contribution in [0.3, 0.4) is 0 Å². The third kappa shape index (κ3) is 3.97. The monoisotopic (exact) mass is 456 g/mol. The second-order valence-corrected chi connectivity index (χ2v) is 7.95. The maximum atomic E-state index is 13.3. The third-order valence-corrected chi connectivity index (χ3v) is 5.77. The number of benzene rings is 3. The van der Waals surface area contributed by atoms with E-state index >= 15 is 0 Å². The van der Waals surface area contributed by atoms with Crippen LogP contribution in [0.25, 0.3) is 27.8 Å². The van der Waals surface area contributed by atoms with Gasteiger partial charge in [-0.25, -0.2) is 14.1 Å². The first kappa shape index (κ1) is 20.8. The summed E-state index contributed by atoms with van der Waals surface area (Å²) in [7, 11) is 0. The van der Waals surface area contributed by atoms with Crippen LogP contribution in [-0.2, 0) is 0 Å². The molecule has 5 aromatic rings. The zero-order valence-corrected chi connectivity index (χ0v) is 18.3. The quantitative estimate of drug-likeness (QED) is 0.338. The molecule has 0 fully saturated rings. The summed E-state index contributed by atoms with van der Waals surface area (Å²) in [5.74, 6) is -0.597. The summed E-state index contributed by atoms with van der Waals surface area (Å²) in [6.45, 7) is 1.91. The molecule has 3 aromatic carbocycles. The lowest BCUT2D eigenvalue weighted by Crippen LogP contribution is -2.13. The number of anilines is 1. The number of fused-ring (bicyclic) bond motifs is 1. The summed E-state index contributed by atoms with van der Waals surface area (Å²) in [4.78, 5) is 18.0. The van der Waals surface area contributed by atoms with Gasteiger partial charge in [0.25, 0.3) is 5.91 Å². The predicted molar refractivity (Wildman–Crippen MR) is 128 cm³/mol. The number of nitrogens with one attached hydrogen (secondary N) is 1. The Bertz CT molecular complexity index is 1490. The lowest BCUT2D eigenvalue weighted by Gasteiger charge is -2.11. The molecule has 0 saturated heterocycles. The number of amides is 1. The van der Waals surface area contributed by atoms with Crippen molar-refractivity contribution in [3.63, 3.8) is 0 Å². The largest absolute Gasteiger partial charge is 0.321 e. The summed E-state index contributed by atoms with van der Waals surface area (Å²) < 4.78 is 15.1. The van der Waals surface area contributed by atoms with E-state index in [2.05, 4.69) is 10.4 Å². The highest BCUT2D eigenvalue weighted by molar-refractivity contribution is 6.34. The standard InChI is InChI=1S/C26H18ClFN4O/c1-16-21(15-29-32(16)18-12-10-17(28)11-13-18)25-14-20(19-6-2-4-8-23(19)30-25)26(33)31-24-9-5-3-7-22(24)27/h2-15H,1H3,(H,31,33). The van der Waals surface area contributed by atoms with Gasteiger partial charge in [0.1, 0.15) is 5.82 Å². The van der Waals surface area contributed by atoms with Crippen molar-refractivity contribution < 1.29 is 9.18 Å². The minimum absolute atomic E-state index is 0.286. The van der Waals surface area contributed by atoms with Crippen LogP contribution in [0.5, 0.6) is 0 Å². The second-order valence-electron chi connectivity index (χ2n) is 7.54. The van der Waals surface area contributed by atoms with Crippen molar-refractivity contribution in [2.75, 3.05) is 5.32 Å². The summed E-state index contributed by atoms with van der Waals surface area (Å²) in [6.07, 6.45) is 1.70. The molecule has 0 aliphatic heterocycles. The van der Waals surface area contributed by atoms with Gasteiger partial charge in [-0.1, -0.05) is 41.9 Å². The summed E-state index contributed by atoms with van der Waals surface area (Å²) >= 11 is 6.23. The molecule has 0 radical (unpaired) electrons. The molecule has 162 valence electrons. The Kier molecular flexibility index (Phi) is 5.36. The van der Waals surface area contributed by atoms with Crippen LogP contribution in [0.1, 0.15) is 16.1 Å². The van der Waals surface area contributed by atoms with E-state index in [4.69, 9.17) is 16.6 Å². The van der Waals surface area contributed by atoms with Gasteiger partial charge in [-0.05, 0) is 55.5 Å². The summed E-state index contributed by atoms with van der Waals surface area (Å²) in [5, 5.41) is 8.55. The molecule has 2 aromatic heterocycles. The maximum absolute atomic E-state index is 13.3. The number of pyridine rings is 1. The molecular weight excluding hydrogens is 439 g/mol. The fourth-order valence-electron chi connectivity index (χ4n) is 3.76. The lowest BCUT2D eigenvalue weighted by molar-refractivity contribution is 0.102. The topological polar surface area (TPSA) is 59.8 Å². The van der Waals surface area contributed by atoms with E-state index in [-0.39, 0.29) is 11.7 Å². The van der Waals surface area contributed by atoms with Gasteiger partial charge in [0, 0.05) is 10.9 Å². The number of carbonyl (C=O) groups is 1. The Labute approximate surface area is 194 Å². The van der Waals surface area contributed by atoms with Gasteiger partial charge in [0.05, 0.1) is 45.1 Å².